The zero-order valence-corrected chi connectivity index (χ0v) is 14.8. The van der Waals surface area contributed by atoms with Gasteiger partial charge in [0, 0.05) is 43.2 Å². The number of nitrogens with one attached hydrogen (secondary N) is 1. The van der Waals surface area contributed by atoms with Crippen LogP contribution in [-0.2, 0) is 6.54 Å². The van der Waals surface area contributed by atoms with Crippen molar-refractivity contribution < 1.29 is 0 Å². The molecule has 1 atom stereocenters. The molecule has 0 bridgehead atoms. The van der Waals surface area contributed by atoms with Crippen molar-refractivity contribution >= 4 is 17.2 Å². The van der Waals surface area contributed by atoms with E-state index in [1.807, 2.05) is 23.5 Å². The maximum Gasteiger partial charge on any atom is 0.151 e. The van der Waals surface area contributed by atoms with Crippen molar-refractivity contribution in [2.75, 3.05) is 18.0 Å². The lowest BCUT2D eigenvalue weighted by atomic mass is 10.1. The minimum absolute atomic E-state index is 0.498. The Morgan fingerprint density at radius 2 is 2.12 bits per heavy atom. The normalized spacial score (nSPS) is 22.2. The molecule has 6 heteroatoms. The van der Waals surface area contributed by atoms with Crippen molar-refractivity contribution in [3.05, 3.63) is 34.4 Å². The molecule has 1 N–H and O–H groups in total. The van der Waals surface area contributed by atoms with Crippen molar-refractivity contribution in [3.63, 3.8) is 0 Å². The highest BCUT2D eigenvalue weighted by Crippen LogP contribution is 2.35. The molecule has 2 aromatic rings. The van der Waals surface area contributed by atoms with Crippen LogP contribution in [0.2, 0.25) is 0 Å². The molecular formula is C18H25N5S. The van der Waals surface area contributed by atoms with Crippen LogP contribution in [0.1, 0.15) is 55.1 Å². The fourth-order valence-electron chi connectivity index (χ4n) is 3.83. The Kier molecular flexibility index (Phi) is 5.04. The molecule has 128 valence electrons. The summed E-state index contributed by atoms with van der Waals surface area (Å²) in [6.45, 7) is 2.94. The lowest BCUT2D eigenvalue weighted by molar-refractivity contribution is 0.417. The lowest BCUT2D eigenvalue weighted by Gasteiger charge is -2.33. The maximum absolute atomic E-state index is 4.87. The summed E-state index contributed by atoms with van der Waals surface area (Å²) >= 11 is 1.85. The summed E-state index contributed by atoms with van der Waals surface area (Å²) in [6, 6.07) is 4.50. The van der Waals surface area contributed by atoms with E-state index in [1.54, 1.807) is 6.20 Å². The molecule has 3 heterocycles. The SMILES string of the molecule is c1cnnc(N2CCCC(NCc3csc(C4CCCC4)n3)C2)c1. The summed E-state index contributed by atoms with van der Waals surface area (Å²) in [7, 11) is 0. The van der Waals surface area contributed by atoms with Gasteiger partial charge in [0.05, 0.1) is 10.7 Å². The molecule has 5 nitrogen and oxygen atoms in total. The van der Waals surface area contributed by atoms with E-state index in [1.165, 1.54) is 49.2 Å². The number of anilines is 1. The van der Waals surface area contributed by atoms with Gasteiger partial charge < -0.3 is 10.2 Å². The Balaban J connectivity index is 1.31. The number of rotatable bonds is 5. The van der Waals surface area contributed by atoms with Crippen LogP contribution in [0.4, 0.5) is 5.82 Å². The molecule has 2 aliphatic rings. The molecule has 4 rings (SSSR count). The first-order valence-electron chi connectivity index (χ1n) is 9.09. The largest absolute Gasteiger partial charge is 0.354 e. The van der Waals surface area contributed by atoms with Gasteiger partial charge in [-0.25, -0.2) is 4.98 Å². The van der Waals surface area contributed by atoms with Crippen LogP contribution in [0.25, 0.3) is 0 Å². The Bertz CT molecular complexity index is 638. The fraction of sp³-hybridized carbons (Fsp3) is 0.611. The van der Waals surface area contributed by atoms with Gasteiger partial charge in [0.2, 0.25) is 0 Å². The van der Waals surface area contributed by atoms with Gasteiger partial charge in [-0.3, -0.25) is 0 Å². The number of hydrogen-bond acceptors (Lipinski definition) is 6. The van der Waals surface area contributed by atoms with Gasteiger partial charge in [-0.1, -0.05) is 12.8 Å². The smallest absolute Gasteiger partial charge is 0.151 e. The highest BCUT2D eigenvalue weighted by Gasteiger charge is 2.22. The van der Waals surface area contributed by atoms with Gasteiger partial charge in [0.1, 0.15) is 0 Å². The maximum atomic E-state index is 4.87. The van der Waals surface area contributed by atoms with E-state index >= 15 is 0 Å². The number of aromatic nitrogens is 3. The van der Waals surface area contributed by atoms with Crippen LogP contribution in [-0.4, -0.2) is 34.3 Å². The molecule has 0 spiro atoms. The van der Waals surface area contributed by atoms with Crippen molar-refractivity contribution in [2.45, 2.75) is 57.0 Å². The number of hydrogen-bond donors (Lipinski definition) is 1. The number of nitrogens with zero attached hydrogens (tertiary/aromatic N) is 4. The summed E-state index contributed by atoms with van der Waals surface area (Å²) in [4.78, 5) is 7.21. The molecule has 1 aliphatic carbocycles. The lowest BCUT2D eigenvalue weighted by Crippen LogP contribution is -2.45. The fourth-order valence-corrected chi connectivity index (χ4v) is 4.82. The van der Waals surface area contributed by atoms with E-state index < -0.39 is 0 Å². The topological polar surface area (TPSA) is 53.9 Å². The van der Waals surface area contributed by atoms with Crippen LogP contribution in [0.5, 0.6) is 0 Å². The van der Waals surface area contributed by atoms with Crippen LogP contribution in [0.3, 0.4) is 0 Å². The van der Waals surface area contributed by atoms with Gasteiger partial charge in [-0.15, -0.1) is 16.4 Å². The number of thiazole rings is 1. The predicted molar refractivity (Wildman–Crippen MR) is 97.4 cm³/mol. The first-order valence-corrected chi connectivity index (χ1v) is 9.97. The van der Waals surface area contributed by atoms with Gasteiger partial charge in [-0.05, 0) is 37.8 Å². The minimum atomic E-state index is 0.498. The second-order valence-electron chi connectivity index (χ2n) is 6.91. The third-order valence-electron chi connectivity index (χ3n) is 5.15. The van der Waals surface area contributed by atoms with E-state index in [0.717, 1.165) is 31.4 Å². The third kappa shape index (κ3) is 3.75. The summed E-state index contributed by atoms with van der Waals surface area (Å²) in [5.41, 5.74) is 1.21. The second kappa shape index (κ2) is 7.57. The average Bonchev–Trinajstić information content (AvgIpc) is 3.32. The third-order valence-corrected chi connectivity index (χ3v) is 6.21. The van der Waals surface area contributed by atoms with Crippen molar-refractivity contribution in [1.29, 1.82) is 0 Å². The van der Waals surface area contributed by atoms with Crippen molar-refractivity contribution in [1.82, 2.24) is 20.5 Å². The van der Waals surface area contributed by atoms with E-state index in [9.17, 15) is 0 Å². The Morgan fingerprint density at radius 3 is 2.96 bits per heavy atom. The van der Waals surface area contributed by atoms with Crippen LogP contribution < -0.4 is 10.2 Å². The minimum Gasteiger partial charge on any atom is -0.354 e. The molecule has 2 aromatic heterocycles. The molecule has 24 heavy (non-hydrogen) atoms. The average molecular weight is 344 g/mol. The standard InChI is InChI=1S/C18H25N5S/c1-2-6-14(5-1)18-21-16(13-24-18)11-19-15-7-4-10-23(12-15)17-8-3-9-20-22-17/h3,8-9,13-15,19H,1-2,4-7,10-12H2. The summed E-state index contributed by atoms with van der Waals surface area (Å²) in [6.07, 6.45) is 9.55. The van der Waals surface area contributed by atoms with Gasteiger partial charge >= 0.3 is 0 Å². The first kappa shape index (κ1) is 16.0. The van der Waals surface area contributed by atoms with E-state index in [2.05, 4.69) is 25.8 Å². The molecule has 0 radical (unpaired) electrons. The van der Waals surface area contributed by atoms with Crippen LogP contribution in [0, 0.1) is 0 Å². The highest BCUT2D eigenvalue weighted by molar-refractivity contribution is 7.09. The molecule has 1 aliphatic heterocycles. The molecule has 1 saturated heterocycles. The first-order chi connectivity index (χ1) is 11.9. The van der Waals surface area contributed by atoms with Gasteiger partial charge in [0.15, 0.2) is 5.82 Å². The predicted octanol–water partition coefficient (Wildman–Crippen LogP) is 3.35. The zero-order valence-electron chi connectivity index (χ0n) is 14.0. The quantitative estimate of drug-likeness (QED) is 0.902. The van der Waals surface area contributed by atoms with Crippen molar-refractivity contribution in [3.8, 4) is 0 Å². The zero-order chi connectivity index (χ0) is 16.2. The Morgan fingerprint density at radius 1 is 1.21 bits per heavy atom. The Hall–Kier alpha value is -1.53. The molecule has 0 aromatic carbocycles. The summed E-state index contributed by atoms with van der Waals surface area (Å²) in [5.74, 6) is 1.71. The summed E-state index contributed by atoms with van der Waals surface area (Å²) in [5, 5.41) is 15.5. The second-order valence-corrected chi connectivity index (χ2v) is 7.80. The molecule has 0 amide bonds. The Labute approximate surface area is 147 Å². The molecule has 1 saturated carbocycles. The van der Waals surface area contributed by atoms with Gasteiger partial charge in [0.25, 0.3) is 0 Å². The van der Waals surface area contributed by atoms with Crippen LogP contribution >= 0.6 is 11.3 Å². The van der Waals surface area contributed by atoms with Crippen LogP contribution in [0.15, 0.2) is 23.7 Å². The van der Waals surface area contributed by atoms with E-state index in [0.29, 0.717) is 6.04 Å². The molecule has 1 unspecified atom stereocenters. The van der Waals surface area contributed by atoms with E-state index in [4.69, 9.17) is 4.98 Å². The van der Waals surface area contributed by atoms with E-state index in [-0.39, 0.29) is 0 Å². The monoisotopic (exact) mass is 343 g/mol. The number of piperidine rings is 1. The highest BCUT2D eigenvalue weighted by atomic mass is 32.1. The van der Waals surface area contributed by atoms with Crippen molar-refractivity contribution in [2.24, 2.45) is 0 Å². The summed E-state index contributed by atoms with van der Waals surface area (Å²) < 4.78 is 0. The van der Waals surface area contributed by atoms with Gasteiger partial charge in [-0.2, -0.15) is 5.10 Å². The molecule has 2 fully saturated rings. The molecular weight excluding hydrogens is 318 g/mol.